The van der Waals surface area contributed by atoms with Crippen LogP contribution < -0.4 is 10.2 Å². The van der Waals surface area contributed by atoms with Crippen molar-refractivity contribution < 1.29 is 9.18 Å². The van der Waals surface area contributed by atoms with E-state index in [0.29, 0.717) is 11.7 Å². The molecule has 2 aromatic rings. The Bertz CT molecular complexity index is 1300. The molecular weight excluding hydrogens is 477 g/mol. The molecule has 6 aliphatic rings. The SMILES string of the molecule is C[C@H]1C[C@]23CCN1Cc1cccc4c1NC(C)(CC4)N(C1CCCCC1)C2=NC(=O)N3c1cccc(F)c1. The average molecular weight is 516 g/mol. The fourth-order valence-electron chi connectivity index (χ4n) is 8.10. The highest BCUT2D eigenvalue weighted by Crippen LogP contribution is 2.48. The number of piperidine rings is 1. The molecule has 4 atom stereocenters. The summed E-state index contributed by atoms with van der Waals surface area (Å²) in [5, 5.41) is 4.04. The van der Waals surface area contributed by atoms with E-state index in [9.17, 15) is 9.18 Å². The highest BCUT2D eigenvalue weighted by atomic mass is 19.1. The number of anilines is 2. The van der Waals surface area contributed by atoms with Crippen molar-refractivity contribution in [1.82, 2.24) is 9.80 Å². The number of aryl methyl sites for hydroxylation is 1. The number of para-hydroxylation sites is 1. The second kappa shape index (κ2) is 8.80. The number of fused-ring (bicyclic) bond motifs is 2. The van der Waals surface area contributed by atoms with Crippen molar-refractivity contribution in [3.8, 4) is 0 Å². The number of halogens is 1. The molecule has 1 saturated heterocycles. The van der Waals surface area contributed by atoms with E-state index in [1.807, 2.05) is 11.0 Å². The number of amides is 2. The minimum absolute atomic E-state index is 0.241. The number of nitrogens with zero attached hydrogens (tertiary/aromatic N) is 4. The summed E-state index contributed by atoms with van der Waals surface area (Å²) < 4.78 is 14.5. The maximum absolute atomic E-state index is 14.5. The first kappa shape index (κ1) is 24.1. The van der Waals surface area contributed by atoms with Gasteiger partial charge in [0.05, 0.1) is 0 Å². The Morgan fingerprint density at radius 1 is 1.05 bits per heavy atom. The smallest absolute Gasteiger partial charge is 0.350 e. The molecule has 6 nitrogen and oxygen atoms in total. The zero-order chi connectivity index (χ0) is 26.1. The van der Waals surface area contributed by atoms with Crippen LogP contribution in [-0.2, 0) is 13.0 Å². The van der Waals surface area contributed by atoms with Gasteiger partial charge in [0.2, 0.25) is 0 Å². The second-order valence-electron chi connectivity index (χ2n) is 12.4. The summed E-state index contributed by atoms with van der Waals surface area (Å²) in [6.07, 6.45) is 9.38. The summed E-state index contributed by atoms with van der Waals surface area (Å²) in [5.74, 6) is 0.582. The zero-order valence-electron chi connectivity index (χ0n) is 22.5. The van der Waals surface area contributed by atoms with Gasteiger partial charge in [-0.25, -0.2) is 9.18 Å². The summed E-state index contributed by atoms with van der Waals surface area (Å²) in [6, 6.07) is 13.6. The summed E-state index contributed by atoms with van der Waals surface area (Å²) in [4.78, 5) is 25.8. The van der Waals surface area contributed by atoms with Crippen LogP contribution in [0.1, 0.15) is 76.3 Å². The van der Waals surface area contributed by atoms with Gasteiger partial charge in [0.1, 0.15) is 22.9 Å². The Morgan fingerprint density at radius 3 is 2.63 bits per heavy atom. The number of urea groups is 1. The van der Waals surface area contributed by atoms with Gasteiger partial charge >= 0.3 is 6.03 Å². The Labute approximate surface area is 224 Å². The predicted octanol–water partition coefficient (Wildman–Crippen LogP) is 6.31. The van der Waals surface area contributed by atoms with E-state index in [1.165, 1.54) is 48.2 Å². The molecule has 1 aliphatic carbocycles. The molecule has 5 aliphatic heterocycles. The molecule has 2 unspecified atom stereocenters. The van der Waals surface area contributed by atoms with Gasteiger partial charge in [0.25, 0.3) is 0 Å². The predicted molar refractivity (Wildman–Crippen MR) is 149 cm³/mol. The van der Waals surface area contributed by atoms with Crippen LogP contribution in [-0.4, -0.2) is 51.5 Å². The van der Waals surface area contributed by atoms with Crippen LogP contribution in [0.3, 0.4) is 0 Å². The molecule has 0 radical (unpaired) electrons. The van der Waals surface area contributed by atoms with Gasteiger partial charge in [-0.3, -0.25) is 9.80 Å². The van der Waals surface area contributed by atoms with Crippen LogP contribution in [0, 0.1) is 5.82 Å². The van der Waals surface area contributed by atoms with Crippen molar-refractivity contribution in [1.29, 1.82) is 0 Å². The molecule has 7 heteroatoms. The molecule has 200 valence electrons. The van der Waals surface area contributed by atoms with Gasteiger partial charge in [-0.05, 0) is 81.7 Å². The third-order valence-electron chi connectivity index (χ3n) is 9.96. The number of aliphatic imine (C=N–C) groups is 1. The Morgan fingerprint density at radius 2 is 1.84 bits per heavy atom. The summed E-state index contributed by atoms with van der Waals surface area (Å²) in [6.45, 7) is 6.34. The van der Waals surface area contributed by atoms with Crippen molar-refractivity contribution in [2.75, 3.05) is 16.8 Å². The van der Waals surface area contributed by atoms with Crippen molar-refractivity contribution in [3.63, 3.8) is 0 Å². The highest BCUT2D eigenvalue weighted by Gasteiger charge is 2.58. The molecule has 2 fully saturated rings. The minimum Gasteiger partial charge on any atom is -0.362 e. The minimum atomic E-state index is -0.597. The molecule has 4 bridgehead atoms. The van der Waals surface area contributed by atoms with E-state index in [2.05, 4.69) is 47.2 Å². The Hall–Kier alpha value is -2.93. The maximum atomic E-state index is 14.5. The summed E-state index contributed by atoms with van der Waals surface area (Å²) in [5.41, 5.74) is 3.65. The van der Waals surface area contributed by atoms with Crippen LogP contribution in [0.5, 0.6) is 0 Å². The number of benzene rings is 2. The molecular formula is C31H38FN5O. The summed E-state index contributed by atoms with van der Waals surface area (Å²) >= 11 is 0. The fourth-order valence-corrected chi connectivity index (χ4v) is 8.10. The van der Waals surface area contributed by atoms with Crippen LogP contribution >= 0.6 is 0 Å². The van der Waals surface area contributed by atoms with E-state index in [0.717, 1.165) is 57.5 Å². The zero-order valence-corrected chi connectivity index (χ0v) is 22.5. The number of carbonyl (C=O) groups excluding carboxylic acids is 1. The van der Waals surface area contributed by atoms with Gasteiger partial charge in [-0.15, -0.1) is 0 Å². The van der Waals surface area contributed by atoms with Crippen LogP contribution in [0.2, 0.25) is 0 Å². The third-order valence-corrected chi connectivity index (χ3v) is 9.96. The number of rotatable bonds is 2. The molecule has 2 amide bonds. The van der Waals surface area contributed by atoms with E-state index in [-0.39, 0.29) is 23.6 Å². The lowest BCUT2D eigenvalue weighted by atomic mass is 9.78. The highest BCUT2D eigenvalue weighted by molar-refractivity contribution is 6.16. The fraction of sp³-hybridized carbons (Fsp3) is 0.548. The number of amidine groups is 1. The monoisotopic (exact) mass is 515 g/mol. The van der Waals surface area contributed by atoms with Crippen LogP contribution in [0.25, 0.3) is 0 Å². The van der Waals surface area contributed by atoms with Gasteiger partial charge < -0.3 is 10.2 Å². The van der Waals surface area contributed by atoms with Gasteiger partial charge in [0, 0.05) is 36.5 Å². The van der Waals surface area contributed by atoms with Crippen LogP contribution in [0.15, 0.2) is 47.5 Å². The second-order valence-corrected chi connectivity index (χ2v) is 12.4. The normalized spacial score (nSPS) is 32.9. The van der Waals surface area contributed by atoms with Crippen molar-refractivity contribution in [2.45, 2.75) is 101 Å². The topological polar surface area (TPSA) is 51.2 Å². The average Bonchev–Trinajstić information content (AvgIpc) is 3.15. The first-order valence-corrected chi connectivity index (χ1v) is 14.5. The molecule has 38 heavy (non-hydrogen) atoms. The lowest BCUT2D eigenvalue weighted by molar-refractivity contribution is 0.0936. The van der Waals surface area contributed by atoms with E-state index >= 15 is 0 Å². The van der Waals surface area contributed by atoms with E-state index < -0.39 is 5.54 Å². The number of hydrogen-bond acceptors (Lipinski definition) is 4. The Kier molecular flexibility index (Phi) is 5.59. The molecule has 5 heterocycles. The molecule has 8 rings (SSSR count). The van der Waals surface area contributed by atoms with Gasteiger partial charge in [0.15, 0.2) is 0 Å². The summed E-state index contributed by atoms with van der Waals surface area (Å²) in [7, 11) is 0. The maximum Gasteiger partial charge on any atom is 0.350 e. The molecule has 1 saturated carbocycles. The molecule has 2 aromatic carbocycles. The molecule has 1 spiro atoms. The lowest BCUT2D eigenvalue weighted by Crippen LogP contribution is -2.69. The first-order valence-electron chi connectivity index (χ1n) is 14.5. The van der Waals surface area contributed by atoms with E-state index in [4.69, 9.17) is 4.99 Å². The lowest BCUT2D eigenvalue weighted by Gasteiger charge is -2.55. The van der Waals surface area contributed by atoms with Gasteiger partial charge in [-0.1, -0.05) is 43.5 Å². The first-order chi connectivity index (χ1) is 18.4. The van der Waals surface area contributed by atoms with Crippen LogP contribution in [0.4, 0.5) is 20.6 Å². The third kappa shape index (κ3) is 3.61. The van der Waals surface area contributed by atoms with Gasteiger partial charge in [-0.2, -0.15) is 4.99 Å². The number of carbonyl (C=O) groups is 1. The standard InChI is InChI=1S/C31H38FN5O/c1-21-19-31-16-17-35(21)20-23-9-6-8-22-14-15-30(2,34-27(22)23)36(25-11-4-3-5-12-25)28(31)33-29(38)37(31)26-13-7-10-24(32)18-26/h6-10,13,18,21,25,34H,3-5,11-12,14-17,19-20H2,1-2H3/t21-,30?,31+/m0/s1. The quantitative estimate of drug-likeness (QED) is 0.509. The Balaban J connectivity index is 1.44. The number of hydrogen-bond donors (Lipinski definition) is 1. The molecule has 1 N–H and O–H groups in total. The van der Waals surface area contributed by atoms with Crippen molar-refractivity contribution in [2.24, 2.45) is 4.99 Å². The van der Waals surface area contributed by atoms with Crippen molar-refractivity contribution in [3.05, 3.63) is 59.4 Å². The molecule has 0 aromatic heterocycles. The van der Waals surface area contributed by atoms with E-state index in [1.54, 1.807) is 6.07 Å². The largest absolute Gasteiger partial charge is 0.362 e. The van der Waals surface area contributed by atoms with Crippen molar-refractivity contribution >= 4 is 23.2 Å². The number of nitrogens with one attached hydrogen (secondary N) is 1.